The molecule has 3 fully saturated rings. The summed E-state index contributed by atoms with van der Waals surface area (Å²) >= 11 is 0. The molecule has 0 spiro atoms. The van der Waals surface area contributed by atoms with E-state index in [9.17, 15) is 0 Å². The summed E-state index contributed by atoms with van der Waals surface area (Å²) in [5, 5.41) is 9.02. The van der Waals surface area contributed by atoms with Crippen LogP contribution < -0.4 is 0 Å². The van der Waals surface area contributed by atoms with Crippen molar-refractivity contribution in [3.8, 4) is 0 Å². The first kappa shape index (κ1) is 8.28. The topological polar surface area (TPSA) is 20.2 Å². The predicted molar refractivity (Wildman–Crippen MR) is 52.2 cm³/mol. The molecule has 0 aromatic rings. The van der Waals surface area contributed by atoms with Crippen LogP contribution in [0.15, 0.2) is 0 Å². The van der Waals surface area contributed by atoms with Gasteiger partial charge in [0, 0.05) is 6.61 Å². The lowest BCUT2D eigenvalue weighted by atomic mass is 9.77. The average Bonchev–Trinajstić information content (AvgIpc) is 2.74. The molecule has 3 aliphatic carbocycles. The Hall–Kier alpha value is -0.0400. The van der Waals surface area contributed by atoms with Crippen molar-refractivity contribution in [2.24, 2.45) is 29.6 Å². The number of hydrogen-bond donors (Lipinski definition) is 1. The first-order valence-electron chi connectivity index (χ1n) is 6.01. The van der Waals surface area contributed by atoms with Gasteiger partial charge in [-0.05, 0) is 68.1 Å². The van der Waals surface area contributed by atoms with Gasteiger partial charge in [-0.25, -0.2) is 0 Å². The van der Waals surface area contributed by atoms with Gasteiger partial charge < -0.3 is 5.11 Å². The van der Waals surface area contributed by atoms with Crippen LogP contribution in [0.5, 0.6) is 0 Å². The first-order chi connectivity index (χ1) is 6.40. The summed E-state index contributed by atoms with van der Waals surface area (Å²) in [6, 6.07) is 0. The van der Waals surface area contributed by atoms with E-state index < -0.39 is 0 Å². The highest BCUT2D eigenvalue weighted by molar-refractivity contribution is 5.02. The maximum atomic E-state index is 9.02. The molecule has 3 rings (SSSR count). The van der Waals surface area contributed by atoms with E-state index in [-0.39, 0.29) is 0 Å². The molecule has 0 saturated heterocycles. The minimum absolute atomic E-state index is 0.422. The van der Waals surface area contributed by atoms with Crippen LogP contribution in [0.2, 0.25) is 0 Å². The summed E-state index contributed by atoms with van der Waals surface area (Å²) in [5.74, 6) is 5.17. The van der Waals surface area contributed by atoms with Gasteiger partial charge in [-0.2, -0.15) is 0 Å². The first-order valence-corrected chi connectivity index (χ1v) is 6.01. The smallest absolute Gasteiger partial charge is 0.0433 e. The van der Waals surface area contributed by atoms with Crippen LogP contribution in [0.4, 0.5) is 0 Å². The van der Waals surface area contributed by atoms with Gasteiger partial charge in [0.1, 0.15) is 0 Å². The third kappa shape index (κ3) is 1.09. The van der Waals surface area contributed by atoms with Crippen LogP contribution >= 0.6 is 0 Å². The van der Waals surface area contributed by atoms with Crippen molar-refractivity contribution in [1.29, 1.82) is 0 Å². The fraction of sp³-hybridized carbons (Fsp3) is 1.00. The van der Waals surface area contributed by atoms with Crippen molar-refractivity contribution in [2.45, 2.75) is 38.5 Å². The second-order valence-electron chi connectivity index (χ2n) is 5.42. The van der Waals surface area contributed by atoms with E-state index >= 15 is 0 Å². The van der Waals surface area contributed by atoms with Gasteiger partial charge >= 0.3 is 0 Å². The normalized spacial score (nSPS) is 52.8. The van der Waals surface area contributed by atoms with Crippen LogP contribution in [0.1, 0.15) is 38.5 Å². The molecule has 0 heterocycles. The van der Waals surface area contributed by atoms with Crippen LogP contribution in [-0.4, -0.2) is 11.7 Å². The number of aliphatic hydroxyl groups excluding tert-OH is 1. The third-order valence-electron chi connectivity index (χ3n) is 5.07. The molecule has 5 atom stereocenters. The quantitative estimate of drug-likeness (QED) is 0.692. The molecule has 13 heavy (non-hydrogen) atoms. The second-order valence-corrected chi connectivity index (χ2v) is 5.42. The molecule has 2 bridgehead atoms. The summed E-state index contributed by atoms with van der Waals surface area (Å²) in [6.07, 6.45) is 8.56. The zero-order chi connectivity index (χ0) is 8.84. The number of aliphatic hydroxyl groups is 1. The summed E-state index contributed by atoms with van der Waals surface area (Å²) in [4.78, 5) is 0. The van der Waals surface area contributed by atoms with E-state index in [2.05, 4.69) is 0 Å². The molecule has 0 amide bonds. The zero-order valence-electron chi connectivity index (χ0n) is 8.28. The Bertz CT molecular complexity index is 201. The summed E-state index contributed by atoms with van der Waals surface area (Å²) in [7, 11) is 0. The third-order valence-corrected chi connectivity index (χ3v) is 5.07. The molecule has 0 aliphatic heterocycles. The van der Waals surface area contributed by atoms with Gasteiger partial charge in [0.05, 0.1) is 0 Å². The van der Waals surface area contributed by atoms with E-state index in [1.807, 2.05) is 0 Å². The van der Waals surface area contributed by atoms with Crippen molar-refractivity contribution in [3.05, 3.63) is 0 Å². The van der Waals surface area contributed by atoms with Crippen LogP contribution in [0.25, 0.3) is 0 Å². The van der Waals surface area contributed by atoms with Gasteiger partial charge in [0.2, 0.25) is 0 Å². The molecule has 3 saturated carbocycles. The fourth-order valence-electron chi connectivity index (χ4n) is 4.72. The van der Waals surface area contributed by atoms with E-state index in [0.717, 1.165) is 36.0 Å². The highest BCUT2D eigenvalue weighted by atomic mass is 16.3. The number of rotatable bonds is 2. The van der Waals surface area contributed by atoms with Crippen molar-refractivity contribution in [2.75, 3.05) is 6.61 Å². The molecule has 1 heteroatoms. The Balaban J connectivity index is 1.76. The summed E-state index contributed by atoms with van der Waals surface area (Å²) in [6.45, 7) is 0.422. The number of hydrogen-bond acceptors (Lipinski definition) is 1. The maximum absolute atomic E-state index is 9.02. The lowest BCUT2D eigenvalue weighted by molar-refractivity contribution is 0.175. The number of fused-ring (bicyclic) bond motifs is 5. The minimum Gasteiger partial charge on any atom is -0.396 e. The van der Waals surface area contributed by atoms with Crippen LogP contribution in [0, 0.1) is 29.6 Å². The Morgan fingerprint density at radius 3 is 2.69 bits per heavy atom. The highest BCUT2D eigenvalue weighted by Crippen LogP contribution is 2.61. The van der Waals surface area contributed by atoms with Gasteiger partial charge in [0.15, 0.2) is 0 Å². The average molecular weight is 180 g/mol. The largest absolute Gasteiger partial charge is 0.396 e. The lowest BCUT2D eigenvalue weighted by Crippen LogP contribution is -2.22. The molecule has 0 aromatic carbocycles. The van der Waals surface area contributed by atoms with Gasteiger partial charge in [-0.15, -0.1) is 0 Å². The van der Waals surface area contributed by atoms with E-state index in [4.69, 9.17) is 5.11 Å². The van der Waals surface area contributed by atoms with Crippen molar-refractivity contribution >= 4 is 0 Å². The maximum Gasteiger partial charge on any atom is 0.0433 e. The Morgan fingerprint density at radius 2 is 1.85 bits per heavy atom. The van der Waals surface area contributed by atoms with Crippen molar-refractivity contribution in [3.63, 3.8) is 0 Å². The highest BCUT2D eigenvalue weighted by Gasteiger charge is 2.52. The van der Waals surface area contributed by atoms with Crippen molar-refractivity contribution < 1.29 is 5.11 Å². The standard InChI is InChI=1S/C12H20O/c13-6-5-8-3-4-11-9-1-2-10(7-9)12(8)11/h8-13H,1-7H2. The monoisotopic (exact) mass is 180 g/mol. The molecule has 0 aromatic heterocycles. The van der Waals surface area contributed by atoms with E-state index in [0.29, 0.717) is 6.61 Å². The zero-order valence-corrected chi connectivity index (χ0v) is 8.28. The predicted octanol–water partition coefficient (Wildman–Crippen LogP) is 2.44. The second kappa shape index (κ2) is 2.98. The molecule has 74 valence electrons. The van der Waals surface area contributed by atoms with E-state index in [1.54, 1.807) is 0 Å². The van der Waals surface area contributed by atoms with Crippen LogP contribution in [-0.2, 0) is 0 Å². The van der Waals surface area contributed by atoms with Crippen LogP contribution in [0.3, 0.4) is 0 Å². The molecule has 3 aliphatic rings. The Morgan fingerprint density at radius 1 is 1.00 bits per heavy atom. The molecule has 5 unspecified atom stereocenters. The minimum atomic E-state index is 0.422. The Kier molecular flexibility index (Phi) is 1.90. The molecule has 1 nitrogen and oxygen atoms in total. The molecular formula is C12H20O. The SMILES string of the molecule is OCCC1CCC2C3CCC(C3)C12. The van der Waals surface area contributed by atoms with E-state index in [1.165, 1.54) is 32.1 Å². The lowest BCUT2D eigenvalue weighted by Gasteiger charge is -2.28. The van der Waals surface area contributed by atoms with Crippen molar-refractivity contribution in [1.82, 2.24) is 0 Å². The molecule has 0 radical (unpaired) electrons. The fourth-order valence-corrected chi connectivity index (χ4v) is 4.72. The van der Waals surface area contributed by atoms with Gasteiger partial charge in [0.25, 0.3) is 0 Å². The summed E-state index contributed by atoms with van der Waals surface area (Å²) in [5.41, 5.74) is 0. The van der Waals surface area contributed by atoms with Gasteiger partial charge in [-0.1, -0.05) is 0 Å². The summed E-state index contributed by atoms with van der Waals surface area (Å²) < 4.78 is 0. The molecule has 1 N–H and O–H groups in total. The van der Waals surface area contributed by atoms with Gasteiger partial charge in [-0.3, -0.25) is 0 Å². The Labute approximate surface area is 80.5 Å². The molecular weight excluding hydrogens is 160 g/mol.